The third-order valence-electron chi connectivity index (χ3n) is 3.56. The molecule has 4 heteroatoms. The number of carbonyl (C=O) groups excluding carboxylic acids is 1. The van der Waals surface area contributed by atoms with Crippen LogP contribution in [0.2, 0.25) is 0 Å². The second-order valence-corrected chi connectivity index (χ2v) is 5.17. The second kappa shape index (κ2) is 6.57. The molecule has 104 valence electrons. The van der Waals surface area contributed by atoms with Crippen LogP contribution in [-0.4, -0.2) is 19.1 Å². The van der Waals surface area contributed by atoms with E-state index in [1.807, 2.05) is 24.3 Å². The van der Waals surface area contributed by atoms with Gasteiger partial charge in [-0.15, -0.1) is 0 Å². The standard InChI is InChI=1S/C15H22N2O2/c1-11(10-16)6-7-15(18)17-13-8-9-19-14-5-3-2-4-12(13)14/h2-5,11,13H,6-10,16H2,1H3,(H,17,18). The van der Waals surface area contributed by atoms with Gasteiger partial charge in [0.15, 0.2) is 0 Å². The number of nitrogens with one attached hydrogen (secondary N) is 1. The van der Waals surface area contributed by atoms with E-state index in [0.717, 1.165) is 24.2 Å². The molecule has 1 aliphatic rings. The molecule has 3 N–H and O–H groups in total. The van der Waals surface area contributed by atoms with Crippen molar-refractivity contribution in [2.45, 2.75) is 32.2 Å². The van der Waals surface area contributed by atoms with Gasteiger partial charge >= 0.3 is 0 Å². The molecule has 0 radical (unpaired) electrons. The Kier molecular flexibility index (Phi) is 4.80. The molecule has 4 nitrogen and oxygen atoms in total. The van der Waals surface area contributed by atoms with Crippen molar-refractivity contribution in [3.05, 3.63) is 29.8 Å². The highest BCUT2D eigenvalue weighted by Crippen LogP contribution is 2.31. The first-order chi connectivity index (χ1) is 9.20. The fourth-order valence-electron chi connectivity index (χ4n) is 2.25. The third-order valence-corrected chi connectivity index (χ3v) is 3.56. The monoisotopic (exact) mass is 262 g/mol. The van der Waals surface area contributed by atoms with E-state index >= 15 is 0 Å². The quantitative estimate of drug-likeness (QED) is 0.853. The third kappa shape index (κ3) is 3.70. The van der Waals surface area contributed by atoms with Gasteiger partial charge in [-0.3, -0.25) is 4.79 Å². The van der Waals surface area contributed by atoms with E-state index in [0.29, 0.717) is 25.5 Å². The SMILES string of the molecule is CC(CN)CCC(=O)NC1CCOc2ccccc21. The van der Waals surface area contributed by atoms with Crippen molar-refractivity contribution in [1.82, 2.24) is 5.32 Å². The molecular formula is C15H22N2O2. The number of nitrogens with two attached hydrogens (primary N) is 1. The van der Waals surface area contributed by atoms with Crippen molar-refractivity contribution in [3.63, 3.8) is 0 Å². The topological polar surface area (TPSA) is 64.4 Å². The molecule has 1 aliphatic heterocycles. The lowest BCUT2D eigenvalue weighted by Crippen LogP contribution is -2.32. The van der Waals surface area contributed by atoms with E-state index in [9.17, 15) is 4.79 Å². The van der Waals surface area contributed by atoms with Gasteiger partial charge in [-0.05, 0) is 24.9 Å². The zero-order chi connectivity index (χ0) is 13.7. The summed E-state index contributed by atoms with van der Waals surface area (Å²) in [6, 6.07) is 7.96. The first-order valence-corrected chi connectivity index (χ1v) is 6.92. The maximum Gasteiger partial charge on any atom is 0.220 e. The highest BCUT2D eigenvalue weighted by Gasteiger charge is 2.22. The van der Waals surface area contributed by atoms with E-state index < -0.39 is 0 Å². The van der Waals surface area contributed by atoms with Crippen LogP contribution in [-0.2, 0) is 4.79 Å². The highest BCUT2D eigenvalue weighted by molar-refractivity contribution is 5.76. The maximum absolute atomic E-state index is 11.9. The molecule has 1 aromatic rings. The zero-order valence-electron chi connectivity index (χ0n) is 11.4. The largest absolute Gasteiger partial charge is 0.493 e. The Morgan fingerprint density at radius 1 is 1.53 bits per heavy atom. The minimum atomic E-state index is 0.0747. The number of hydrogen-bond acceptors (Lipinski definition) is 3. The average Bonchev–Trinajstić information content (AvgIpc) is 2.45. The Labute approximate surface area is 114 Å². The van der Waals surface area contributed by atoms with Crippen LogP contribution in [0.4, 0.5) is 0 Å². The number of fused-ring (bicyclic) bond motifs is 1. The van der Waals surface area contributed by atoms with E-state index in [1.165, 1.54) is 0 Å². The molecule has 1 heterocycles. The Morgan fingerprint density at radius 2 is 2.32 bits per heavy atom. The summed E-state index contributed by atoms with van der Waals surface area (Å²) in [5.74, 6) is 1.38. The predicted molar refractivity (Wildman–Crippen MR) is 74.9 cm³/mol. The van der Waals surface area contributed by atoms with Crippen LogP contribution >= 0.6 is 0 Å². The van der Waals surface area contributed by atoms with Crippen molar-refractivity contribution in [3.8, 4) is 5.75 Å². The van der Waals surface area contributed by atoms with Gasteiger partial charge in [0, 0.05) is 18.4 Å². The molecule has 1 amide bonds. The van der Waals surface area contributed by atoms with Gasteiger partial charge in [-0.25, -0.2) is 0 Å². The van der Waals surface area contributed by atoms with Crippen molar-refractivity contribution >= 4 is 5.91 Å². The summed E-state index contributed by atoms with van der Waals surface area (Å²) in [5.41, 5.74) is 6.64. The van der Waals surface area contributed by atoms with Gasteiger partial charge in [0.2, 0.25) is 5.91 Å². The molecule has 0 saturated heterocycles. The molecule has 19 heavy (non-hydrogen) atoms. The van der Waals surface area contributed by atoms with E-state index in [4.69, 9.17) is 10.5 Å². The molecular weight excluding hydrogens is 240 g/mol. The van der Waals surface area contributed by atoms with Crippen LogP contribution in [0.1, 0.15) is 37.8 Å². The van der Waals surface area contributed by atoms with Gasteiger partial charge in [0.1, 0.15) is 5.75 Å². The number of ether oxygens (including phenoxy) is 1. The fraction of sp³-hybridized carbons (Fsp3) is 0.533. The maximum atomic E-state index is 11.9. The predicted octanol–water partition coefficient (Wildman–Crippen LogP) is 2.00. The average molecular weight is 262 g/mol. The number of carbonyl (C=O) groups is 1. The molecule has 0 saturated carbocycles. The normalized spacial score (nSPS) is 19.2. The highest BCUT2D eigenvalue weighted by atomic mass is 16.5. The van der Waals surface area contributed by atoms with Crippen LogP contribution in [0, 0.1) is 5.92 Å². The number of amides is 1. The molecule has 2 rings (SSSR count). The lowest BCUT2D eigenvalue weighted by Gasteiger charge is -2.26. The van der Waals surface area contributed by atoms with Gasteiger partial charge in [0.25, 0.3) is 0 Å². The van der Waals surface area contributed by atoms with Crippen molar-refractivity contribution in [2.24, 2.45) is 11.7 Å². The summed E-state index contributed by atoms with van der Waals surface area (Å²) in [6.07, 6.45) is 2.21. The van der Waals surface area contributed by atoms with Crippen molar-refractivity contribution < 1.29 is 9.53 Å². The molecule has 1 aromatic carbocycles. The Hall–Kier alpha value is -1.55. The summed E-state index contributed by atoms with van der Waals surface area (Å²) >= 11 is 0. The Morgan fingerprint density at radius 3 is 3.11 bits per heavy atom. The van der Waals surface area contributed by atoms with Crippen LogP contribution in [0.5, 0.6) is 5.75 Å². The van der Waals surface area contributed by atoms with Gasteiger partial charge in [-0.1, -0.05) is 25.1 Å². The van der Waals surface area contributed by atoms with Gasteiger partial charge in [0.05, 0.1) is 12.6 Å². The molecule has 0 bridgehead atoms. The van der Waals surface area contributed by atoms with Crippen LogP contribution < -0.4 is 15.8 Å². The van der Waals surface area contributed by atoms with E-state index in [1.54, 1.807) is 0 Å². The summed E-state index contributed by atoms with van der Waals surface area (Å²) in [6.45, 7) is 3.35. The number of hydrogen-bond donors (Lipinski definition) is 2. The molecule has 2 atom stereocenters. The number of rotatable bonds is 5. The van der Waals surface area contributed by atoms with Crippen molar-refractivity contribution in [1.29, 1.82) is 0 Å². The minimum Gasteiger partial charge on any atom is -0.493 e. The number of para-hydroxylation sites is 1. The lowest BCUT2D eigenvalue weighted by atomic mass is 10.00. The molecule has 0 fully saturated rings. The summed E-state index contributed by atoms with van der Waals surface area (Å²) in [5, 5.41) is 3.09. The van der Waals surface area contributed by atoms with Gasteiger partial charge < -0.3 is 15.8 Å². The van der Waals surface area contributed by atoms with E-state index in [-0.39, 0.29) is 11.9 Å². The number of benzene rings is 1. The van der Waals surface area contributed by atoms with Crippen molar-refractivity contribution in [2.75, 3.05) is 13.2 Å². The Balaban J connectivity index is 1.91. The second-order valence-electron chi connectivity index (χ2n) is 5.17. The molecule has 0 aromatic heterocycles. The summed E-state index contributed by atoms with van der Waals surface area (Å²) < 4.78 is 5.58. The lowest BCUT2D eigenvalue weighted by molar-refractivity contribution is -0.122. The van der Waals surface area contributed by atoms with Gasteiger partial charge in [-0.2, -0.15) is 0 Å². The van der Waals surface area contributed by atoms with Crippen LogP contribution in [0.25, 0.3) is 0 Å². The summed E-state index contributed by atoms with van der Waals surface area (Å²) in [7, 11) is 0. The fourth-order valence-corrected chi connectivity index (χ4v) is 2.25. The minimum absolute atomic E-state index is 0.0747. The van der Waals surface area contributed by atoms with Crippen LogP contribution in [0.3, 0.4) is 0 Å². The summed E-state index contributed by atoms with van der Waals surface area (Å²) in [4.78, 5) is 11.9. The Bertz CT molecular complexity index is 434. The van der Waals surface area contributed by atoms with Crippen LogP contribution in [0.15, 0.2) is 24.3 Å². The smallest absolute Gasteiger partial charge is 0.220 e. The molecule has 2 unspecified atom stereocenters. The molecule has 0 spiro atoms. The first-order valence-electron chi connectivity index (χ1n) is 6.92. The molecule has 0 aliphatic carbocycles. The first kappa shape index (κ1) is 13.9. The zero-order valence-corrected chi connectivity index (χ0v) is 11.4. The van der Waals surface area contributed by atoms with E-state index in [2.05, 4.69) is 12.2 Å².